The van der Waals surface area contributed by atoms with E-state index in [1.54, 1.807) is 12.1 Å². The minimum atomic E-state index is -0.283. The number of hydrogen-bond acceptors (Lipinski definition) is 8. The van der Waals surface area contributed by atoms with Gasteiger partial charge in [0.1, 0.15) is 17.2 Å². The van der Waals surface area contributed by atoms with Gasteiger partial charge < -0.3 is 9.84 Å². The fourth-order valence-corrected chi connectivity index (χ4v) is 19.3. The lowest BCUT2D eigenvalue weighted by Crippen LogP contribution is -2.41. The lowest BCUT2D eigenvalue weighted by atomic mass is 9.84. The molecule has 0 spiro atoms. The van der Waals surface area contributed by atoms with Gasteiger partial charge in [0, 0.05) is 64.8 Å². The summed E-state index contributed by atoms with van der Waals surface area (Å²) in [5, 5.41) is 33.9. The summed E-state index contributed by atoms with van der Waals surface area (Å²) in [6, 6.07) is 89.7. The molecule has 1 N–H and O–H groups in total. The molecule has 11 nitrogen and oxygen atoms in total. The van der Waals surface area contributed by atoms with Crippen molar-refractivity contribution < 1.29 is 38.6 Å². The van der Waals surface area contributed by atoms with E-state index in [1.165, 1.54) is 42.0 Å². The number of phenolic OH excluding ortho intramolecular Hbond substituents is 1. The third-order valence-corrected chi connectivity index (χ3v) is 24.7. The number of ether oxygens (including phenoxy) is 1. The van der Waals surface area contributed by atoms with Crippen LogP contribution >= 0.6 is 15.9 Å². The van der Waals surface area contributed by atoms with Gasteiger partial charge >= 0.3 is 0 Å². The third-order valence-electron chi connectivity index (χ3n) is 24.0. The number of phenols is 1. The Morgan fingerprint density at radius 3 is 0.845 bits per heavy atom. The molecule has 0 radical (unpaired) electrons. The molecule has 0 fully saturated rings. The van der Waals surface area contributed by atoms with E-state index in [9.17, 15) is 28.8 Å². The first kappa shape index (κ1) is 70.9. The second-order valence-corrected chi connectivity index (χ2v) is 31.7. The number of fused-ring (bicyclic) bond motifs is 6. The fourth-order valence-electron chi connectivity index (χ4n) is 18.8. The lowest BCUT2D eigenvalue weighted by molar-refractivity contribution is 0.0877. The molecule has 3 heterocycles. The molecule has 0 saturated carbocycles. The van der Waals surface area contributed by atoms with E-state index >= 15 is 0 Å². The predicted octanol–water partition coefficient (Wildman–Crippen LogP) is 26.0. The summed E-state index contributed by atoms with van der Waals surface area (Å²) < 4.78 is 7.41. The third kappa shape index (κ3) is 10.6. The maximum atomic E-state index is 14.0. The second-order valence-electron chi connectivity index (χ2n) is 30.9. The summed E-state index contributed by atoms with van der Waals surface area (Å²) in [6.45, 7) is 15.7. The second kappa shape index (κ2) is 26.7. The van der Waals surface area contributed by atoms with Crippen LogP contribution in [0.5, 0.6) is 17.2 Å². The maximum Gasteiger partial charge on any atom is 0.266 e. The molecule has 12 heteroatoms. The topological polar surface area (TPSA) is 142 Å². The van der Waals surface area contributed by atoms with Crippen LogP contribution in [-0.4, -0.2) is 40.5 Å². The Bertz CT molecular complexity index is 7430. The highest BCUT2D eigenvalue weighted by Gasteiger charge is 2.40. The molecule has 0 atom stereocenters. The zero-order valence-corrected chi connectivity index (χ0v) is 66.1. The van der Waals surface area contributed by atoms with Gasteiger partial charge in [-0.2, -0.15) is 0 Å². The molecule has 3 aliphatic heterocycles. The Balaban J connectivity index is 0.000000107. The van der Waals surface area contributed by atoms with Crippen LogP contribution in [0.2, 0.25) is 0 Å². The zero-order chi connectivity index (χ0) is 79.7. The number of para-hydroxylation sites is 3. The highest BCUT2D eigenvalue weighted by Crippen LogP contribution is 2.51. The quantitative estimate of drug-likeness (QED) is 0.102. The van der Waals surface area contributed by atoms with Crippen molar-refractivity contribution in [3.63, 3.8) is 0 Å². The molecule has 20 aromatic carbocycles. The minimum Gasteiger partial charge on any atom is -0.508 e. The van der Waals surface area contributed by atoms with Gasteiger partial charge in [0.15, 0.2) is 0 Å². The molecule has 0 saturated heterocycles. The number of carbonyl (C=O) groups excluding carboxylic acids is 6. The molecule has 116 heavy (non-hydrogen) atoms. The zero-order valence-electron chi connectivity index (χ0n) is 64.5. The largest absolute Gasteiger partial charge is 0.508 e. The number of amides is 6. The van der Waals surface area contributed by atoms with Gasteiger partial charge in [0.2, 0.25) is 0 Å². The average Bonchev–Trinajstić information content (AvgIpc) is 0.706. The van der Waals surface area contributed by atoms with Crippen LogP contribution in [0.25, 0.3) is 129 Å². The smallest absolute Gasteiger partial charge is 0.266 e. The normalized spacial score (nSPS) is 13.3. The number of anilines is 3. The van der Waals surface area contributed by atoms with Gasteiger partial charge in [-0.15, -0.1) is 0 Å². The van der Waals surface area contributed by atoms with E-state index < -0.39 is 0 Å². The van der Waals surface area contributed by atoms with Crippen LogP contribution in [0.1, 0.15) is 107 Å². The van der Waals surface area contributed by atoms with Gasteiger partial charge in [-0.05, 0) is 270 Å². The van der Waals surface area contributed by atoms with E-state index in [2.05, 4.69) is 108 Å². The molecular formula is C104H70BrN3O8. The molecule has 556 valence electrons. The van der Waals surface area contributed by atoms with Crippen LogP contribution in [0.3, 0.4) is 0 Å². The Morgan fingerprint density at radius 1 is 0.241 bits per heavy atom. The molecule has 23 rings (SSSR count). The first-order valence-electron chi connectivity index (χ1n) is 38.7. The summed E-state index contributed by atoms with van der Waals surface area (Å²) in [4.78, 5) is 87.3. The summed E-state index contributed by atoms with van der Waals surface area (Å²) >= 11 is 3.70. The van der Waals surface area contributed by atoms with Crippen molar-refractivity contribution in [1.82, 2.24) is 0 Å². The number of imide groups is 3. The molecule has 20 aromatic rings. The highest BCUT2D eigenvalue weighted by molar-refractivity contribution is 9.10. The molecular weight excluding hydrogens is 1500 g/mol. The SMILES string of the molecule is Cc1ccc(O)cc1.Cc1ccc(Oc2ccc3c4ccc5c6c(ccc(c7cccc2c73)c64)C(=O)N(c2c(C)cccc2C)C5=O)cc1.Cc1cccc(C)c1N1C(=O)c2ccc3c4cccc5c(Br)ccc(c6ccc(c2c36)C1=O)c54.Cc1cccc(C)c1N1C(=O)c2ccc3c4cccc5cccc(c6ccc(c2c36)C1=O)c54. The standard InChI is InChI=1S/C37H25NO3.C30H18BrNO2.C30H19NO2.C7H8O/c1-20-10-12-23(13-11-20)41-31-19-18-25-27-15-17-30-34-29(16-14-26(33(27)34)24-8-5-9-28(31)32(24)25)36(39)38(37(30)40)35-21(2)6-4-7-22(35)3;1-15-5-3-6-16(2)28(15)32-29(33)22-11-9-19-17-7-4-8-21-24(31)14-13-18(25(17)21)20-10-12-23(30(32)34)27(22)26(19)20;1-16-6-3-7-17(2)28(16)31-29(32)23-14-12-21-19-10-4-8-18-9-5-11-20(25(18)19)22-13-15-24(30(31)33)27(23)26(21)22;1-6-2-4-7(8)5-3-6/h4-19H,1-3H3;3-14H,1-2H3;3-15H,1-2H3;2-5,8H,1H3. The maximum absolute atomic E-state index is 14.0. The van der Waals surface area contributed by atoms with Crippen LogP contribution in [0, 0.1) is 55.4 Å². The molecule has 6 amide bonds. The Hall–Kier alpha value is -14.2. The van der Waals surface area contributed by atoms with E-state index in [-0.39, 0.29) is 35.4 Å². The molecule has 0 unspecified atom stereocenters. The van der Waals surface area contributed by atoms with Gasteiger partial charge in [0.05, 0.1) is 17.1 Å². The van der Waals surface area contributed by atoms with Gasteiger partial charge in [-0.3, -0.25) is 28.8 Å². The number of carbonyl (C=O) groups is 6. The summed E-state index contributed by atoms with van der Waals surface area (Å²) in [5.41, 5.74) is 13.2. The van der Waals surface area contributed by atoms with Crippen LogP contribution < -0.4 is 19.4 Å². The number of aryl methyl sites for hydroxylation is 8. The minimum absolute atomic E-state index is 0.259. The number of nitrogens with zero attached hydrogens (tertiary/aromatic N) is 3. The summed E-state index contributed by atoms with van der Waals surface area (Å²) in [7, 11) is 0. The van der Waals surface area contributed by atoms with Crippen molar-refractivity contribution in [3.05, 3.63) is 355 Å². The molecule has 0 bridgehead atoms. The monoisotopic (exact) mass is 1570 g/mol. The molecule has 3 aliphatic rings. The number of hydrogen-bond donors (Lipinski definition) is 1. The van der Waals surface area contributed by atoms with E-state index in [1.807, 2.05) is 224 Å². The first-order chi connectivity index (χ1) is 56.2. The number of aromatic hydroxyl groups is 1. The number of halogens is 1. The number of benzene rings is 20. The van der Waals surface area contributed by atoms with E-state index in [4.69, 9.17) is 9.84 Å². The molecule has 0 aliphatic carbocycles. The van der Waals surface area contributed by atoms with Crippen molar-refractivity contribution >= 4 is 198 Å². The first-order valence-corrected chi connectivity index (χ1v) is 39.5. The van der Waals surface area contributed by atoms with E-state index in [0.29, 0.717) is 56.2 Å². The van der Waals surface area contributed by atoms with Crippen molar-refractivity contribution in [2.24, 2.45) is 0 Å². The van der Waals surface area contributed by atoms with Gasteiger partial charge in [-0.25, -0.2) is 14.7 Å². The summed E-state index contributed by atoms with van der Waals surface area (Å²) in [5.74, 6) is 0.294. The van der Waals surface area contributed by atoms with Gasteiger partial charge in [0.25, 0.3) is 35.4 Å². The Labute approximate surface area is 674 Å². The fraction of sp³-hybridized carbons (Fsp3) is 0.0769. The van der Waals surface area contributed by atoms with Gasteiger partial charge in [-0.1, -0.05) is 221 Å². The Kier molecular flexibility index (Phi) is 16.3. The predicted molar refractivity (Wildman–Crippen MR) is 476 cm³/mol. The summed E-state index contributed by atoms with van der Waals surface area (Å²) in [6.07, 6.45) is 0. The van der Waals surface area contributed by atoms with E-state index in [0.717, 1.165) is 162 Å². The van der Waals surface area contributed by atoms with Crippen molar-refractivity contribution in [2.75, 3.05) is 14.7 Å². The van der Waals surface area contributed by atoms with Crippen LogP contribution in [0.4, 0.5) is 17.1 Å². The van der Waals surface area contributed by atoms with Crippen molar-refractivity contribution in [1.29, 1.82) is 0 Å². The molecule has 0 aromatic heterocycles. The van der Waals surface area contributed by atoms with Crippen molar-refractivity contribution in [2.45, 2.75) is 55.4 Å². The number of rotatable bonds is 5. The average molecular weight is 1570 g/mol. The lowest BCUT2D eigenvalue weighted by Gasteiger charge is -2.30. The highest BCUT2D eigenvalue weighted by atomic mass is 79.9. The van der Waals surface area contributed by atoms with Crippen LogP contribution in [-0.2, 0) is 0 Å². The van der Waals surface area contributed by atoms with Crippen molar-refractivity contribution in [3.8, 4) is 17.2 Å². The Morgan fingerprint density at radius 2 is 0.500 bits per heavy atom. The van der Waals surface area contributed by atoms with Crippen LogP contribution in [0.15, 0.2) is 277 Å².